The lowest BCUT2D eigenvalue weighted by molar-refractivity contribution is -0.144. The Hall–Kier alpha value is -1.69. The normalized spacial score (nSPS) is 30.5. The van der Waals surface area contributed by atoms with Crippen LogP contribution in [0.15, 0.2) is 12.2 Å². The summed E-state index contributed by atoms with van der Waals surface area (Å²) in [7, 11) is 0. The number of rotatable bonds is 3. The molecule has 27 heavy (non-hydrogen) atoms. The van der Waals surface area contributed by atoms with Crippen LogP contribution in [0.3, 0.4) is 0 Å². The molecule has 0 saturated carbocycles. The highest BCUT2D eigenvalue weighted by atomic mass is 16.2. The molecule has 148 valence electrons. The Morgan fingerprint density at radius 2 is 1.41 bits per heavy atom. The predicted molar refractivity (Wildman–Crippen MR) is 101 cm³/mol. The van der Waals surface area contributed by atoms with Crippen molar-refractivity contribution in [2.24, 2.45) is 17.8 Å². The van der Waals surface area contributed by atoms with Gasteiger partial charge in [0.15, 0.2) is 0 Å². The van der Waals surface area contributed by atoms with E-state index in [2.05, 4.69) is 9.80 Å². The Bertz CT molecular complexity index is 590. The van der Waals surface area contributed by atoms with Crippen molar-refractivity contribution in [2.75, 3.05) is 32.8 Å². The third-order valence-electron chi connectivity index (χ3n) is 6.79. The van der Waals surface area contributed by atoms with E-state index in [1.807, 2.05) is 12.2 Å². The van der Waals surface area contributed by atoms with Crippen LogP contribution < -0.4 is 0 Å². The molecule has 2 atom stereocenters. The molecule has 0 aromatic carbocycles. The van der Waals surface area contributed by atoms with E-state index in [1.54, 1.807) is 0 Å². The van der Waals surface area contributed by atoms with Crippen LogP contribution in [-0.4, -0.2) is 65.3 Å². The maximum atomic E-state index is 12.8. The monoisotopic (exact) mass is 373 g/mol. The fraction of sp³-hybridized carbons (Fsp3) is 0.762. The summed E-state index contributed by atoms with van der Waals surface area (Å²) in [6.45, 7) is 3.79. The van der Waals surface area contributed by atoms with E-state index in [-0.39, 0.29) is 29.6 Å². The molecular weight excluding hydrogens is 342 g/mol. The number of imide groups is 1. The highest BCUT2D eigenvalue weighted by molar-refractivity contribution is 6.05. The topological polar surface area (TPSA) is 60.9 Å². The number of piperidine rings is 1. The van der Waals surface area contributed by atoms with Crippen molar-refractivity contribution < 1.29 is 14.4 Å². The molecular formula is C21H31N3O3. The lowest BCUT2D eigenvalue weighted by Gasteiger charge is -2.35. The fourth-order valence-corrected chi connectivity index (χ4v) is 5.08. The number of hydrogen-bond acceptors (Lipinski definition) is 4. The summed E-state index contributed by atoms with van der Waals surface area (Å²) in [5.74, 6) is 0.127. The summed E-state index contributed by atoms with van der Waals surface area (Å²) in [6, 6.07) is 0. The minimum atomic E-state index is -0.148. The van der Waals surface area contributed by atoms with Crippen molar-refractivity contribution in [3.05, 3.63) is 12.2 Å². The largest absolute Gasteiger partial charge is 0.342 e. The van der Waals surface area contributed by atoms with Gasteiger partial charge in [-0.1, -0.05) is 25.0 Å². The molecule has 3 saturated heterocycles. The third kappa shape index (κ3) is 3.82. The van der Waals surface area contributed by atoms with Crippen LogP contribution in [0.4, 0.5) is 0 Å². The fourth-order valence-electron chi connectivity index (χ4n) is 5.08. The number of hydrogen-bond donors (Lipinski definition) is 0. The quantitative estimate of drug-likeness (QED) is 0.561. The van der Waals surface area contributed by atoms with Crippen molar-refractivity contribution in [2.45, 2.75) is 51.4 Å². The lowest BCUT2D eigenvalue weighted by atomic mass is 9.85. The Kier molecular flexibility index (Phi) is 5.62. The number of amides is 3. The Morgan fingerprint density at radius 3 is 1.96 bits per heavy atom. The number of allylic oxidation sites excluding steroid dienone is 2. The summed E-state index contributed by atoms with van der Waals surface area (Å²) in [5, 5.41) is 0. The predicted octanol–water partition coefficient (Wildman–Crippen LogP) is 2.01. The maximum Gasteiger partial charge on any atom is 0.234 e. The molecule has 0 spiro atoms. The Morgan fingerprint density at radius 1 is 0.852 bits per heavy atom. The minimum absolute atomic E-state index is 0.00267. The van der Waals surface area contributed by atoms with Gasteiger partial charge in [-0.15, -0.1) is 0 Å². The second kappa shape index (κ2) is 8.13. The second-order valence-electron chi connectivity index (χ2n) is 8.53. The van der Waals surface area contributed by atoms with Gasteiger partial charge in [0.2, 0.25) is 17.7 Å². The first kappa shape index (κ1) is 18.7. The van der Waals surface area contributed by atoms with E-state index >= 15 is 0 Å². The van der Waals surface area contributed by atoms with Gasteiger partial charge in [0.1, 0.15) is 0 Å². The van der Waals surface area contributed by atoms with Crippen LogP contribution >= 0.6 is 0 Å². The van der Waals surface area contributed by atoms with Crippen LogP contribution in [0.25, 0.3) is 0 Å². The average molecular weight is 373 g/mol. The molecule has 0 aromatic rings. The zero-order valence-electron chi connectivity index (χ0n) is 16.1. The van der Waals surface area contributed by atoms with Gasteiger partial charge in [-0.3, -0.25) is 24.2 Å². The van der Waals surface area contributed by atoms with Crippen LogP contribution in [0.2, 0.25) is 0 Å². The molecule has 0 unspecified atom stereocenters. The van der Waals surface area contributed by atoms with Gasteiger partial charge < -0.3 is 4.90 Å². The van der Waals surface area contributed by atoms with Crippen LogP contribution in [-0.2, 0) is 14.4 Å². The van der Waals surface area contributed by atoms with Gasteiger partial charge in [-0.05, 0) is 38.5 Å². The van der Waals surface area contributed by atoms with E-state index in [9.17, 15) is 14.4 Å². The zero-order valence-corrected chi connectivity index (χ0v) is 16.1. The molecule has 3 heterocycles. The standard InChI is InChI=1S/C21H31N3O3/c25-19(23-11-5-1-2-6-12-23)16-9-13-22(14-10-16)15-24-20(26)17-7-3-4-8-18(17)21(24)27/h3-4,16-18H,1-2,5-15H2/t17-,18+. The zero-order chi connectivity index (χ0) is 18.8. The molecule has 1 aliphatic carbocycles. The summed E-state index contributed by atoms with van der Waals surface area (Å²) in [5.41, 5.74) is 0. The molecule has 4 aliphatic rings. The van der Waals surface area contributed by atoms with Crippen LogP contribution in [0.5, 0.6) is 0 Å². The molecule has 3 fully saturated rings. The van der Waals surface area contributed by atoms with E-state index in [0.29, 0.717) is 25.4 Å². The number of likely N-dealkylation sites (tertiary alicyclic amines) is 3. The number of carbonyl (C=O) groups is 3. The van der Waals surface area contributed by atoms with E-state index in [0.717, 1.165) is 51.9 Å². The van der Waals surface area contributed by atoms with E-state index < -0.39 is 0 Å². The van der Waals surface area contributed by atoms with Crippen molar-refractivity contribution in [3.8, 4) is 0 Å². The van der Waals surface area contributed by atoms with Gasteiger partial charge in [-0.25, -0.2) is 0 Å². The molecule has 0 N–H and O–H groups in total. The first-order valence-electron chi connectivity index (χ1n) is 10.7. The van der Waals surface area contributed by atoms with E-state index in [1.165, 1.54) is 17.7 Å². The maximum absolute atomic E-state index is 12.8. The van der Waals surface area contributed by atoms with E-state index in [4.69, 9.17) is 0 Å². The SMILES string of the molecule is O=C(C1CCN(CN2C(=O)[C@H]3CC=CC[C@H]3C2=O)CC1)N1CCCCCC1. The van der Waals surface area contributed by atoms with Crippen molar-refractivity contribution >= 4 is 17.7 Å². The second-order valence-corrected chi connectivity index (χ2v) is 8.53. The van der Waals surface area contributed by atoms with Crippen molar-refractivity contribution in [1.29, 1.82) is 0 Å². The molecule has 3 amide bonds. The highest BCUT2D eigenvalue weighted by Crippen LogP contribution is 2.35. The highest BCUT2D eigenvalue weighted by Gasteiger charge is 2.47. The van der Waals surface area contributed by atoms with Crippen LogP contribution in [0, 0.1) is 17.8 Å². The lowest BCUT2D eigenvalue weighted by Crippen LogP contribution is -2.47. The number of carbonyl (C=O) groups excluding carboxylic acids is 3. The first-order valence-corrected chi connectivity index (χ1v) is 10.7. The van der Waals surface area contributed by atoms with Crippen molar-refractivity contribution in [3.63, 3.8) is 0 Å². The van der Waals surface area contributed by atoms with Gasteiger partial charge in [0.05, 0.1) is 18.5 Å². The summed E-state index contributed by atoms with van der Waals surface area (Å²) < 4.78 is 0. The smallest absolute Gasteiger partial charge is 0.234 e. The molecule has 6 nitrogen and oxygen atoms in total. The van der Waals surface area contributed by atoms with Crippen LogP contribution in [0.1, 0.15) is 51.4 Å². The molecule has 0 aromatic heterocycles. The Labute approximate surface area is 161 Å². The first-order chi connectivity index (χ1) is 13.1. The molecule has 6 heteroatoms. The van der Waals surface area contributed by atoms with Gasteiger partial charge in [0.25, 0.3) is 0 Å². The summed E-state index contributed by atoms with van der Waals surface area (Å²) >= 11 is 0. The Balaban J connectivity index is 1.29. The van der Waals surface area contributed by atoms with Gasteiger partial charge in [0, 0.05) is 32.1 Å². The number of fused-ring (bicyclic) bond motifs is 1. The average Bonchev–Trinajstić information content (AvgIpc) is 2.91. The van der Waals surface area contributed by atoms with Gasteiger partial charge >= 0.3 is 0 Å². The molecule has 0 bridgehead atoms. The number of nitrogens with zero attached hydrogens (tertiary/aromatic N) is 3. The van der Waals surface area contributed by atoms with Crippen molar-refractivity contribution in [1.82, 2.24) is 14.7 Å². The minimum Gasteiger partial charge on any atom is -0.342 e. The third-order valence-corrected chi connectivity index (χ3v) is 6.79. The molecule has 0 radical (unpaired) electrons. The molecule has 3 aliphatic heterocycles. The molecule has 4 rings (SSSR count). The van der Waals surface area contributed by atoms with Gasteiger partial charge in [-0.2, -0.15) is 0 Å². The summed E-state index contributed by atoms with van der Waals surface area (Å²) in [4.78, 5) is 43.8. The summed E-state index contributed by atoms with van der Waals surface area (Å²) in [6.07, 6.45) is 11.8.